The fourth-order valence-corrected chi connectivity index (χ4v) is 5.79. The Morgan fingerprint density at radius 2 is 1.81 bits per heavy atom. The van der Waals surface area contributed by atoms with Gasteiger partial charge in [0.05, 0.1) is 21.5 Å². The third-order valence-corrected chi connectivity index (χ3v) is 8.23. The summed E-state index contributed by atoms with van der Waals surface area (Å²) < 4.78 is 0.707. The first-order chi connectivity index (χ1) is 15.3. The zero-order valence-electron chi connectivity index (χ0n) is 18.3. The van der Waals surface area contributed by atoms with Crippen LogP contribution in [0.3, 0.4) is 0 Å². The van der Waals surface area contributed by atoms with E-state index >= 15 is 0 Å². The number of benzene rings is 1. The Hall–Kier alpha value is -2.26. The minimum atomic E-state index is -0.0315. The molecule has 0 unspecified atom stereocenters. The molecule has 0 spiro atoms. The summed E-state index contributed by atoms with van der Waals surface area (Å²) in [6, 6.07) is 9.68. The largest absolute Gasteiger partial charge is 0.335 e. The molecular formula is C23H25ClN4O2S2. The Morgan fingerprint density at radius 3 is 2.50 bits per heavy atom. The van der Waals surface area contributed by atoms with Crippen LogP contribution in [0.2, 0.25) is 4.34 Å². The number of hydrogen-bond donors (Lipinski definition) is 1. The smallest absolute Gasteiger partial charge is 0.265 e. The van der Waals surface area contributed by atoms with Gasteiger partial charge in [0.25, 0.3) is 5.91 Å². The highest BCUT2D eigenvalue weighted by atomic mass is 35.5. The van der Waals surface area contributed by atoms with Crippen LogP contribution in [0.5, 0.6) is 0 Å². The molecule has 2 amide bonds. The zero-order valence-corrected chi connectivity index (χ0v) is 20.7. The quantitative estimate of drug-likeness (QED) is 0.557. The highest BCUT2D eigenvalue weighted by molar-refractivity contribution is 7.24. The van der Waals surface area contributed by atoms with Gasteiger partial charge in [-0.3, -0.25) is 14.5 Å². The molecule has 32 heavy (non-hydrogen) atoms. The number of halogens is 1. The highest BCUT2D eigenvalue weighted by Gasteiger charge is 2.26. The van der Waals surface area contributed by atoms with Crippen molar-refractivity contribution in [3.63, 3.8) is 0 Å². The number of rotatable bonds is 5. The molecule has 0 saturated carbocycles. The molecule has 0 aliphatic carbocycles. The number of thiophene rings is 1. The lowest BCUT2D eigenvalue weighted by atomic mass is 10.1. The molecule has 9 heteroatoms. The number of aromatic nitrogens is 1. The van der Waals surface area contributed by atoms with Crippen molar-refractivity contribution in [2.75, 3.05) is 38.0 Å². The number of carbonyl (C=O) groups is 2. The first-order valence-electron chi connectivity index (χ1n) is 10.4. The molecule has 6 nitrogen and oxygen atoms in total. The molecule has 168 valence electrons. The van der Waals surface area contributed by atoms with Crippen LogP contribution < -0.4 is 5.32 Å². The van der Waals surface area contributed by atoms with E-state index in [1.807, 2.05) is 56.0 Å². The van der Waals surface area contributed by atoms with Crippen molar-refractivity contribution in [2.24, 2.45) is 0 Å². The Morgan fingerprint density at radius 1 is 1.06 bits per heavy atom. The van der Waals surface area contributed by atoms with Gasteiger partial charge in [-0.1, -0.05) is 23.7 Å². The number of anilines is 1. The van der Waals surface area contributed by atoms with Crippen molar-refractivity contribution in [3.8, 4) is 9.88 Å². The molecule has 4 rings (SSSR count). The fraction of sp³-hybridized carbons (Fsp3) is 0.348. The van der Waals surface area contributed by atoms with Gasteiger partial charge >= 0.3 is 0 Å². The summed E-state index contributed by atoms with van der Waals surface area (Å²) in [4.78, 5) is 35.8. The van der Waals surface area contributed by atoms with Gasteiger partial charge in [-0.2, -0.15) is 0 Å². The average Bonchev–Trinajstić information content (AvgIpc) is 3.37. The number of thiazole rings is 1. The highest BCUT2D eigenvalue weighted by Crippen LogP contribution is 2.35. The topological polar surface area (TPSA) is 65.5 Å². The van der Waals surface area contributed by atoms with E-state index in [1.165, 1.54) is 22.7 Å². The van der Waals surface area contributed by atoms with Gasteiger partial charge in [-0.15, -0.1) is 22.7 Å². The van der Waals surface area contributed by atoms with Crippen LogP contribution in [0.4, 0.5) is 5.69 Å². The third kappa shape index (κ3) is 5.04. The number of piperazine rings is 1. The molecule has 0 atom stereocenters. The molecule has 3 aromatic rings. The minimum Gasteiger partial charge on any atom is -0.335 e. The third-order valence-electron chi connectivity index (χ3n) is 5.68. The SMILES string of the molecule is Cc1cccc(NC(=O)CN2CCN(C(=O)c3sc(-c4ccc(Cl)s4)nc3C)CC2)c1C. The lowest BCUT2D eigenvalue weighted by Crippen LogP contribution is -2.50. The molecule has 1 aromatic carbocycles. The molecule has 1 fully saturated rings. The van der Waals surface area contributed by atoms with E-state index in [9.17, 15) is 9.59 Å². The number of aryl methyl sites for hydroxylation is 2. The Bertz CT molecular complexity index is 1150. The second-order valence-electron chi connectivity index (χ2n) is 7.90. The van der Waals surface area contributed by atoms with E-state index in [1.54, 1.807) is 0 Å². The van der Waals surface area contributed by atoms with E-state index in [2.05, 4.69) is 15.2 Å². The van der Waals surface area contributed by atoms with Crippen molar-refractivity contribution >= 4 is 51.8 Å². The van der Waals surface area contributed by atoms with Crippen LogP contribution in [0, 0.1) is 20.8 Å². The Labute approximate surface area is 200 Å². The minimum absolute atomic E-state index is 0.00777. The molecular weight excluding hydrogens is 464 g/mol. The van der Waals surface area contributed by atoms with Gasteiger partial charge in [0.2, 0.25) is 5.91 Å². The molecule has 0 bridgehead atoms. The van der Waals surface area contributed by atoms with E-state index in [4.69, 9.17) is 11.6 Å². The van der Waals surface area contributed by atoms with Gasteiger partial charge in [-0.25, -0.2) is 4.98 Å². The van der Waals surface area contributed by atoms with Crippen molar-refractivity contribution in [1.29, 1.82) is 0 Å². The van der Waals surface area contributed by atoms with Gasteiger partial charge in [0.1, 0.15) is 9.88 Å². The maximum absolute atomic E-state index is 13.1. The molecule has 1 aliphatic rings. The summed E-state index contributed by atoms with van der Waals surface area (Å²) in [5, 5.41) is 3.83. The number of nitrogens with one attached hydrogen (secondary N) is 1. The Kier molecular flexibility index (Phi) is 6.95. The van der Waals surface area contributed by atoms with Crippen LogP contribution in [0.15, 0.2) is 30.3 Å². The summed E-state index contributed by atoms with van der Waals surface area (Å²) >= 11 is 8.91. The molecule has 1 aliphatic heterocycles. The first kappa shape index (κ1) is 22.9. The number of carbonyl (C=O) groups excluding carboxylic acids is 2. The van der Waals surface area contributed by atoms with Gasteiger partial charge < -0.3 is 10.2 Å². The maximum Gasteiger partial charge on any atom is 0.265 e. The van der Waals surface area contributed by atoms with Gasteiger partial charge in [0, 0.05) is 31.9 Å². The molecule has 1 saturated heterocycles. The molecule has 3 heterocycles. The number of amides is 2. The predicted octanol–water partition coefficient (Wildman–Crippen LogP) is 4.85. The summed E-state index contributed by atoms with van der Waals surface area (Å²) in [6.07, 6.45) is 0. The van der Waals surface area contributed by atoms with E-state index in [0.717, 1.165) is 32.4 Å². The second-order valence-corrected chi connectivity index (χ2v) is 10.6. The van der Waals surface area contributed by atoms with Crippen molar-refractivity contribution in [1.82, 2.24) is 14.8 Å². The van der Waals surface area contributed by atoms with Crippen LogP contribution >= 0.6 is 34.3 Å². The van der Waals surface area contributed by atoms with E-state index < -0.39 is 0 Å². The zero-order chi connectivity index (χ0) is 22.8. The van der Waals surface area contributed by atoms with Crippen LogP contribution in [0.25, 0.3) is 9.88 Å². The lowest BCUT2D eigenvalue weighted by molar-refractivity contribution is -0.117. The summed E-state index contributed by atoms with van der Waals surface area (Å²) in [5.41, 5.74) is 3.83. The summed E-state index contributed by atoms with van der Waals surface area (Å²) in [7, 11) is 0. The molecule has 0 radical (unpaired) electrons. The summed E-state index contributed by atoms with van der Waals surface area (Å²) in [6.45, 7) is 8.74. The second kappa shape index (κ2) is 9.70. The molecule has 2 aromatic heterocycles. The maximum atomic E-state index is 13.1. The monoisotopic (exact) mass is 488 g/mol. The van der Waals surface area contributed by atoms with Crippen molar-refractivity contribution in [3.05, 3.63) is 56.4 Å². The normalized spacial score (nSPS) is 14.6. The summed E-state index contributed by atoms with van der Waals surface area (Å²) in [5.74, 6) is -0.0237. The lowest BCUT2D eigenvalue weighted by Gasteiger charge is -2.34. The van der Waals surface area contributed by atoms with Crippen LogP contribution in [-0.4, -0.2) is 59.3 Å². The van der Waals surface area contributed by atoms with Gasteiger partial charge in [-0.05, 0) is 50.1 Å². The van der Waals surface area contributed by atoms with Crippen LogP contribution in [0.1, 0.15) is 26.5 Å². The Balaban J connectivity index is 1.32. The standard InChI is InChI=1S/C23H25ClN4O2S2/c1-14-5-4-6-17(15(14)2)26-20(29)13-27-9-11-28(12-10-27)23(30)21-16(3)25-22(32-21)18-7-8-19(24)31-18/h4-8H,9-13H2,1-3H3,(H,26,29). The van der Waals surface area contributed by atoms with Crippen molar-refractivity contribution in [2.45, 2.75) is 20.8 Å². The van der Waals surface area contributed by atoms with Crippen molar-refractivity contribution < 1.29 is 9.59 Å². The van der Waals surface area contributed by atoms with E-state index in [0.29, 0.717) is 41.9 Å². The fourth-order valence-electron chi connectivity index (χ4n) is 3.66. The molecule has 1 N–H and O–H groups in total. The van der Waals surface area contributed by atoms with Gasteiger partial charge in [0.15, 0.2) is 0 Å². The van der Waals surface area contributed by atoms with E-state index in [-0.39, 0.29) is 11.8 Å². The van der Waals surface area contributed by atoms with Crippen LogP contribution in [-0.2, 0) is 4.79 Å². The average molecular weight is 489 g/mol. The first-order valence-corrected chi connectivity index (χ1v) is 12.4. The number of hydrogen-bond acceptors (Lipinski definition) is 6. The predicted molar refractivity (Wildman–Crippen MR) is 132 cm³/mol. The number of nitrogens with zero attached hydrogens (tertiary/aromatic N) is 3.